The average molecular weight is 278 g/mol. The third-order valence-electron chi connectivity index (χ3n) is 3.61. The molecule has 1 aromatic carbocycles. The highest BCUT2D eigenvalue weighted by Gasteiger charge is 2.14. The number of nitrogens with one attached hydrogen (secondary N) is 1. The molecule has 0 atom stereocenters. The van der Waals surface area contributed by atoms with Gasteiger partial charge in [0.1, 0.15) is 0 Å². The van der Waals surface area contributed by atoms with E-state index in [1.54, 1.807) is 23.1 Å². The molecule has 1 aliphatic carbocycles. The largest absolute Gasteiger partial charge is 0.385 e. The second-order valence-electron chi connectivity index (χ2n) is 4.90. The molecule has 0 aliphatic heterocycles. The molecule has 1 N–H and O–H groups in total. The van der Waals surface area contributed by atoms with Crippen molar-refractivity contribution in [3.05, 3.63) is 18.2 Å². The Hall–Kier alpha value is -0.740. The highest BCUT2D eigenvalue weighted by molar-refractivity contribution is 8.00. The van der Waals surface area contributed by atoms with Gasteiger partial charge in [-0.25, -0.2) is 4.98 Å². The lowest BCUT2D eigenvalue weighted by molar-refractivity contribution is 0.580. The Bertz CT molecular complexity index is 530. The molecule has 0 saturated heterocycles. The van der Waals surface area contributed by atoms with Gasteiger partial charge in [0.25, 0.3) is 0 Å². The summed E-state index contributed by atoms with van der Waals surface area (Å²) in [6.45, 7) is 1.12. The molecule has 1 aromatic heterocycles. The van der Waals surface area contributed by atoms with Crippen molar-refractivity contribution < 1.29 is 0 Å². The number of thiazole rings is 1. The van der Waals surface area contributed by atoms with Gasteiger partial charge in [-0.15, -0.1) is 11.3 Å². The molecule has 1 saturated carbocycles. The van der Waals surface area contributed by atoms with E-state index >= 15 is 0 Å². The lowest BCUT2D eigenvalue weighted by atomic mass is 10.1. The second kappa shape index (κ2) is 5.49. The van der Waals surface area contributed by atoms with E-state index in [1.165, 1.54) is 36.1 Å². The van der Waals surface area contributed by atoms with Crippen molar-refractivity contribution in [1.29, 1.82) is 0 Å². The number of anilines is 1. The minimum atomic E-state index is 0.879. The number of hydrogen-bond donors (Lipinski definition) is 1. The van der Waals surface area contributed by atoms with Crippen LogP contribution in [0.2, 0.25) is 0 Å². The molecule has 1 aliphatic rings. The van der Waals surface area contributed by atoms with Gasteiger partial charge in [-0.3, -0.25) is 0 Å². The SMILES string of the molecule is CSc1nc2ccc(NCC3CCCC3)cc2s1. The van der Waals surface area contributed by atoms with Crippen molar-refractivity contribution in [3.63, 3.8) is 0 Å². The zero-order valence-corrected chi connectivity index (χ0v) is 12.2. The monoisotopic (exact) mass is 278 g/mol. The van der Waals surface area contributed by atoms with Gasteiger partial charge in [0, 0.05) is 12.2 Å². The van der Waals surface area contributed by atoms with Crippen LogP contribution in [-0.2, 0) is 0 Å². The maximum atomic E-state index is 4.56. The second-order valence-corrected chi connectivity index (χ2v) is 6.98. The first kappa shape index (κ1) is 12.3. The normalized spacial score (nSPS) is 16.5. The van der Waals surface area contributed by atoms with E-state index in [9.17, 15) is 0 Å². The summed E-state index contributed by atoms with van der Waals surface area (Å²) in [6.07, 6.45) is 7.70. The highest BCUT2D eigenvalue weighted by atomic mass is 32.2. The van der Waals surface area contributed by atoms with Gasteiger partial charge in [-0.1, -0.05) is 24.6 Å². The molecular formula is C14H18N2S2. The Labute approximate surface area is 116 Å². The molecule has 4 heteroatoms. The summed E-state index contributed by atoms with van der Waals surface area (Å²) < 4.78 is 2.44. The Morgan fingerprint density at radius 3 is 3.00 bits per heavy atom. The molecule has 0 radical (unpaired) electrons. The van der Waals surface area contributed by atoms with Gasteiger partial charge in [0.15, 0.2) is 4.34 Å². The van der Waals surface area contributed by atoms with Crippen molar-refractivity contribution in [2.75, 3.05) is 18.1 Å². The minimum absolute atomic E-state index is 0.879. The third-order valence-corrected chi connectivity index (χ3v) is 5.62. The topological polar surface area (TPSA) is 24.9 Å². The van der Waals surface area contributed by atoms with Crippen LogP contribution in [0.1, 0.15) is 25.7 Å². The zero-order chi connectivity index (χ0) is 12.4. The first-order valence-corrected chi connectivity index (χ1v) is 8.58. The summed E-state index contributed by atoms with van der Waals surface area (Å²) >= 11 is 3.50. The van der Waals surface area contributed by atoms with Crippen molar-refractivity contribution in [2.45, 2.75) is 30.0 Å². The molecule has 0 bridgehead atoms. The molecule has 2 nitrogen and oxygen atoms in total. The van der Waals surface area contributed by atoms with E-state index < -0.39 is 0 Å². The lowest BCUT2D eigenvalue weighted by Gasteiger charge is -2.11. The number of benzene rings is 1. The Morgan fingerprint density at radius 1 is 1.39 bits per heavy atom. The predicted octanol–water partition coefficient (Wildman–Crippen LogP) is 4.62. The smallest absolute Gasteiger partial charge is 0.150 e. The van der Waals surface area contributed by atoms with Crippen LogP contribution in [0.15, 0.2) is 22.5 Å². The van der Waals surface area contributed by atoms with Crippen molar-refractivity contribution in [1.82, 2.24) is 4.98 Å². The van der Waals surface area contributed by atoms with Crippen LogP contribution in [0.4, 0.5) is 5.69 Å². The van der Waals surface area contributed by atoms with Gasteiger partial charge in [0.05, 0.1) is 10.2 Å². The standard InChI is InChI=1S/C14H18N2S2/c1-17-14-16-12-7-6-11(8-13(12)18-14)15-9-10-4-2-3-5-10/h6-8,10,15H,2-5,9H2,1H3. The van der Waals surface area contributed by atoms with Gasteiger partial charge in [-0.2, -0.15) is 0 Å². The Morgan fingerprint density at radius 2 is 2.22 bits per heavy atom. The Balaban J connectivity index is 1.71. The number of fused-ring (bicyclic) bond motifs is 1. The molecule has 2 aromatic rings. The average Bonchev–Trinajstić information content (AvgIpc) is 3.04. The Kier molecular flexibility index (Phi) is 3.75. The summed E-state index contributed by atoms with van der Waals surface area (Å²) in [5, 5.41) is 3.58. The molecule has 3 rings (SSSR count). The van der Waals surface area contributed by atoms with Gasteiger partial charge in [0.2, 0.25) is 0 Å². The summed E-state index contributed by atoms with van der Waals surface area (Å²) in [6, 6.07) is 6.52. The van der Waals surface area contributed by atoms with E-state index in [4.69, 9.17) is 0 Å². The highest BCUT2D eigenvalue weighted by Crippen LogP contribution is 2.30. The van der Waals surface area contributed by atoms with E-state index in [0.717, 1.165) is 22.3 Å². The number of aromatic nitrogens is 1. The van der Waals surface area contributed by atoms with Crippen LogP contribution in [0, 0.1) is 5.92 Å². The predicted molar refractivity (Wildman–Crippen MR) is 81.8 cm³/mol. The molecule has 0 unspecified atom stereocenters. The molecule has 0 amide bonds. The van der Waals surface area contributed by atoms with Crippen molar-refractivity contribution in [3.8, 4) is 0 Å². The lowest BCUT2D eigenvalue weighted by Crippen LogP contribution is -2.10. The van der Waals surface area contributed by atoms with Crippen molar-refractivity contribution >= 4 is 39.0 Å². The van der Waals surface area contributed by atoms with E-state index in [0.29, 0.717) is 0 Å². The van der Waals surface area contributed by atoms with E-state index in [-0.39, 0.29) is 0 Å². The fourth-order valence-corrected chi connectivity index (χ4v) is 4.11. The molecule has 0 spiro atoms. The van der Waals surface area contributed by atoms with Crippen LogP contribution >= 0.6 is 23.1 Å². The van der Waals surface area contributed by atoms with Gasteiger partial charge in [-0.05, 0) is 43.2 Å². The molecule has 1 fully saturated rings. The van der Waals surface area contributed by atoms with Crippen molar-refractivity contribution in [2.24, 2.45) is 5.92 Å². The van der Waals surface area contributed by atoms with Crippen LogP contribution < -0.4 is 5.32 Å². The van der Waals surface area contributed by atoms with E-state index in [2.05, 4.69) is 34.8 Å². The van der Waals surface area contributed by atoms with Crippen LogP contribution in [0.25, 0.3) is 10.2 Å². The number of thioether (sulfide) groups is 1. The quantitative estimate of drug-likeness (QED) is 0.826. The molecule has 18 heavy (non-hydrogen) atoms. The zero-order valence-electron chi connectivity index (χ0n) is 10.6. The maximum absolute atomic E-state index is 4.56. The summed E-state index contributed by atoms with van der Waals surface area (Å²) in [5.74, 6) is 0.879. The third kappa shape index (κ3) is 2.64. The summed E-state index contributed by atoms with van der Waals surface area (Å²) in [5.41, 5.74) is 2.36. The number of nitrogens with zero attached hydrogens (tertiary/aromatic N) is 1. The first-order valence-electron chi connectivity index (χ1n) is 6.53. The summed E-state index contributed by atoms with van der Waals surface area (Å²) in [7, 11) is 0. The minimum Gasteiger partial charge on any atom is -0.385 e. The van der Waals surface area contributed by atoms with E-state index in [1.807, 2.05) is 0 Å². The number of rotatable bonds is 4. The molecule has 1 heterocycles. The number of hydrogen-bond acceptors (Lipinski definition) is 4. The van der Waals surface area contributed by atoms with Crippen LogP contribution in [0.3, 0.4) is 0 Å². The van der Waals surface area contributed by atoms with Crippen LogP contribution in [0.5, 0.6) is 0 Å². The summed E-state index contributed by atoms with van der Waals surface area (Å²) in [4.78, 5) is 4.56. The molecular weight excluding hydrogens is 260 g/mol. The fourth-order valence-electron chi connectivity index (χ4n) is 2.58. The van der Waals surface area contributed by atoms with Crippen LogP contribution in [-0.4, -0.2) is 17.8 Å². The first-order chi connectivity index (χ1) is 8.85. The van der Waals surface area contributed by atoms with Gasteiger partial charge >= 0.3 is 0 Å². The maximum Gasteiger partial charge on any atom is 0.150 e. The van der Waals surface area contributed by atoms with Gasteiger partial charge < -0.3 is 5.32 Å². The molecule has 96 valence electrons. The fraction of sp³-hybridized carbons (Fsp3) is 0.500.